The maximum Gasteiger partial charge on any atom is 0.341 e. The lowest BCUT2D eigenvalue weighted by atomic mass is 9.86. The average Bonchev–Trinajstić information content (AvgIpc) is 2.38. The molecule has 20 heavy (non-hydrogen) atoms. The molecule has 0 fully saturated rings. The average molecular weight is 274 g/mol. The van der Waals surface area contributed by atoms with Crippen molar-refractivity contribution in [1.82, 2.24) is 5.32 Å². The molecule has 106 valence electrons. The van der Waals surface area contributed by atoms with Crippen LogP contribution in [0.15, 0.2) is 29.3 Å². The number of rotatable bonds is 3. The third-order valence-electron chi connectivity index (χ3n) is 3.40. The van der Waals surface area contributed by atoms with Crippen LogP contribution in [-0.4, -0.2) is 24.3 Å². The first-order valence-corrected chi connectivity index (χ1v) is 6.62. The number of ether oxygens (including phenoxy) is 1. The molecule has 0 aromatic heterocycles. The van der Waals surface area contributed by atoms with E-state index < -0.39 is 18.0 Å². The molecule has 1 aliphatic heterocycles. The predicted octanol–water partition coefficient (Wildman–Crippen LogP) is 2.40. The fraction of sp³-hybridized carbons (Fsp3) is 0.400. The number of nitrogens with zero attached hydrogens (tertiary/aromatic N) is 1. The predicted molar refractivity (Wildman–Crippen MR) is 75.7 cm³/mol. The normalized spacial score (nSPS) is 21.9. The zero-order chi connectivity index (χ0) is 14.7. The lowest BCUT2D eigenvalue weighted by Gasteiger charge is -2.30. The van der Waals surface area contributed by atoms with E-state index in [1.807, 2.05) is 31.2 Å². The minimum atomic E-state index is -0.575. The SMILES string of the molecule is CCOC(=O)C1C(C)=NC(=O)NC1c1ccccc1C. The molecule has 0 radical (unpaired) electrons. The highest BCUT2D eigenvalue weighted by Crippen LogP contribution is 2.29. The summed E-state index contributed by atoms with van der Waals surface area (Å²) in [6, 6.07) is 6.81. The molecule has 2 atom stereocenters. The summed E-state index contributed by atoms with van der Waals surface area (Å²) in [4.78, 5) is 27.6. The lowest BCUT2D eigenvalue weighted by molar-refractivity contribution is -0.146. The maximum atomic E-state index is 12.2. The van der Waals surface area contributed by atoms with Gasteiger partial charge >= 0.3 is 12.0 Å². The van der Waals surface area contributed by atoms with Crippen molar-refractivity contribution in [3.8, 4) is 0 Å². The van der Waals surface area contributed by atoms with Crippen molar-refractivity contribution in [3.05, 3.63) is 35.4 Å². The van der Waals surface area contributed by atoms with Crippen LogP contribution in [0.4, 0.5) is 4.79 Å². The molecule has 1 aliphatic rings. The first kappa shape index (κ1) is 14.2. The molecule has 5 nitrogen and oxygen atoms in total. The number of nitrogens with one attached hydrogen (secondary N) is 1. The lowest BCUT2D eigenvalue weighted by Crippen LogP contribution is -2.44. The van der Waals surface area contributed by atoms with E-state index in [0.29, 0.717) is 12.3 Å². The Labute approximate surface area is 118 Å². The number of hydrogen-bond donors (Lipinski definition) is 1. The molecular formula is C15H18N2O3. The van der Waals surface area contributed by atoms with E-state index in [1.54, 1.807) is 13.8 Å². The zero-order valence-corrected chi connectivity index (χ0v) is 11.8. The van der Waals surface area contributed by atoms with Crippen molar-refractivity contribution in [2.75, 3.05) is 6.61 Å². The van der Waals surface area contributed by atoms with Crippen molar-refractivity contribution < 1.29 is 14.3 Å². The van der Waals surface area contributed by atoms with Crippen LogP contribution in [0, 0.1) is 12.8 Å². The molecule has 1 heterocycles. The third-order valence-corrected chi connectivity index (χ3v) is 3.40. The Morgan fingerprint density at radius 3 is 2.70 bits per heavy atom. The summed E-state index contributed by atoms with van der Waals surface area (Å²) in [6.45, 7) is 5.70. The molecular weight excluding hydrogens is 256 g/mol. The van der Waals surface area contributed by atoms with Crippen LogP contribution in [0.2, 0.25) is 0 Å². The second-order valence-electron chi connectivity index (χ2n) is 4.77. The molecule has 0 saturated heterocycles. The van der Waals surface area contributed by atoms with Crippen LogP contribution in [0.25, 0.3) is 0 Å². The Balaban J connectivity index is 2.43. The molecule has 2 rings (SSSR count). The van der Waals surface area contributed by atoms with E-state index >= 15 is 0 Å². The van der Waals surface area contributed by atoms with Crippen LogP contribution in [-0.2, 0) is 9.53 Å². The van der Waals surface area contributed by atoms with Crippen molar-refractivity contribution in [3.63, 3.8) is 0 Å². The van der Waals surface area contributed by atoms with Gasteiger partial charge in [0.25, 0.3) is 0 Å². The van der Waals surface area contributed by atoms with Crippen molar-refractivity contribution in [2.45, 2.75) is 26.8 Å². The summed E-state index contributed by atoms with van der Waals surface area (Å²) in [6.07, 6.45) is 0. The van der Waals surface area contributed by atoms with Gasteiger partial charge in [-0.1, -0.05) is 24.3 Å². The van der Waals surface area contributed by atoms with Crippen molar-refractivity contribution >= 4 is 17.7 Å². The molecule has 2 unspecified atom stereocenters. The van der Waals surface area contributed by atoms with Crippen LogP contribution in [0.3, 0.4) is 0 Å². The van der Waals surface area contributed by atoms with Gasteiger partial charge in [-0.2, -0.15) is 0 Å². The van der Waals surface area contributed by atoms with Gasteiger partial charge in [-0.05, 0) is 31.9 Å². The van der Waals surface area contributed by atoms with Gasteiger partial charge in [-0.15, -0.1) is 0 Å². The summed E-state index contributed by atoms with van der Waals surface area (Å²) in [7, 11) is 0. The molecule has 0 spiro atoms. The van der Waals surface area contributed by atoms with Crippen LogP contribution >= 0.6 is 0 Å². The molecule has 1 aromatic carbocycles. The second kappa shape index (κ2) is 5.86. The Bertz CT molecular complexity index is 566. The highest BCUT2D eigenvalue weighted by molar-refractivity contribution is 6.08. The number of esters is 1. The first-order chi connectivity index (χ1) is 9.54. The summed E-state index contributed by atoms with van der Waals surface area (Å²) in [5.74, 6) is -0.934. The van der Waals surface area contributed by atoms with Gasteiger partial charge in [0.15, 0.2) is 0 Å². The van der Waals surface area contributed by atoms with E-state index in [9.17, 15) is 9.59 Å². The van der Waals surface area contributed by atoms with Crippen molar-refractivity contribution in [2.24, 2.45) is 10.9 Å². The highest BCUT2D eigenvalue weighted by atomic mass is 16.5. The van der Waals surface area contributed by atoms with E-state index in [0.717, 1.165) is 11.1 Å². The topological polar surface area (TPSA) is 67.8 Å². The fourth-order valence-corrected chi connectivity index (χ4v) is 2.45. The highest BCUT2D eigenvalue weighted by Gasteiger charge is 2.38. The van der Waals surface area contributed by atoms with Crippen LogP contribution in [0.1, 0.15) is 31.0 Å². The molecule has 0 saturated carbocycles. The first-order valence-electron chi connectivity index (χ1n) is 6.62. The molecule has 2 amide bonds. The Morgan fingerprint density at radius 1 is 1.35 bits per heavy atom. The maximum absolute atomic E-state index is 12.2. The number of benzene rings is 1. The summed E-state index contributed by atoms with van der Waals surface area (Å²) in [5, 5.41) is 2.77. The summed E-state index contributed by atoms with van der Waals surface area (Å²) >= 11 is 0. The number of aryl methyl sites for hydroxylation is 1. The molecule has 0 bridgehead atoms. The van der Waals surface area contributed by atoms with Gasteiger partial charge in [-0.3, -0.25) is 4.79 Å². The number of hydrogen-bond acceptors (Lipinski definition) is 3. The Hall–Kier alpha value is -2.17. The molecule has 1 aromatic rings. The Kier molecular flexibility index (Phi) is 4.17. The van der Waals surface area contributed by atoms with Crippen LogP contribution in [0.5, 0.6) is 0 Å². The standard InChI is InChI=1S/C15H18N2O3/c1-4-20-14(18)12-10(3)16-15(19)17-13(12)11-8-6-5-7-9(11)2/h5-8,12-13H,4H2,1-3H3,(H,17,19). The largest absolute Gasteiger partial charge is 0.465 e. The number of amides is 2. The molecule has 0 aliphatic carbocycles. The minimum Gasteiger partial charge on any atom is -0.465 e. The number of urea groups is 1. The Morgan fingerprint density at radius 2 is 2.05 bits per heavy atom. The smallest absolute Gasteiger partial charge is 0.341 e. The minimum absolute atomic E-state index is 0.303. The van der Waals surface area contributed by atoms with Gasteiger partial charge in [0.1, 0.15) is 5.92 Å². The third kappa shape index (κ3) is 2.71. The monoisotopic (exact) mass is 274 g/mol. The van der Waals surface area contributed by atoms with Gasteiger partial charge in [0.05, 0.1) is 12.6 Å². The number of carbonyl (C=O) groups excluding carboxylic acids is 2. The summed E-state index contributed by atoms with van der Waals surface area (Å²) < 4.78 is 5.11. The molecule has 5 heteroatoms. The van der Waals surface area contributed by atoms with E-state index in [1.165, 1.54) is 0 Å². The van der Waals surface area contributed by atoms with Gasteiger partial charge in [0, 0.05) is 5.71 Å². The van der Waals surface area contributed by atoms with Gasteiger partial charge in [0.2, 0.25) is 0 Å². The number of carbonyl (C=O) groups is 2. The fourth-order valence-electron chi connectivity index (χ4n) is 2.45. The van der Waals surface area contributed by atoms with Crippen LogP contribution < -0.4 is 5.32 Å². The van der Waals surface area contributed by atoms with E-state index in [4.69, 9.17) is 4.74 Å². The second-order valence-corrected chi connectivity index (χ2v) is 4.77. The zero-order valence-electron chi connectivity index (χ0n) is 11.8. The quantitative estimate of drug-likeness (QED) is 0.860. The summed E-state index contributed by atoms with van der Waals surface area (Å²) in [5.41, 5.74) is 2.41. The van der Waals surface area contributed by atoms with Gasteiger partial charge in [-0.25, -0.2) is 9.79 Å². The van der Waals surface area contributed by atoms with E-state index in [-0.39, 0.29) is 5.97 Å². The van der Waals surface area contributed by atoms with Crippen molar-refractivity contribution in [1.29, 1.82) is 0 Å². The molecule has 1 N–H and O–H groups in total. The number of aliphatic imine (C=N–C) groups is 1. The van der Waals surface area contributed by atoms with E-state index in [2.05, 4.69) is 10.3 Å². The van der Waals surface area contributed by atoms with Gasteiger partial charge < -0.3 is 10.1 Å².